The van der Waals surface area contributed by atoms with Crippen LogP contribution < -0.4 is 5.32 Å². The first kappa shape index (κ1) is 8.39. The Morgan fingerprint density at radius 2 is 2.50 bits per heavy atom. The molecule has 1 aromatic heterocycles. The van der Waals surface area contributed by atoms with Gasteiger partial charge in [-0.2, -0.15) is 0 Å². The lowest BCUT2D eigenvalue weighted by Crippen LogP contribution is -2.03. The molecule has 0 amide bonds. The van der Waals surface area contributed by atoms with E-state index in [4.69, 9.17) is 0 Å². The molecule has 0 aliphatic carbocycles. The maximum atomic E-state index is 10.4. The molecular weight excluding hydrogens is 154 g/mol. The van der Waals surface area contributed by atoms with E-state index in [1.807, 2.05) is 0 Å². The van der Waals surface area contributed by atoms with E-state index in [9.17, 15) is 4.79 Å². The van der Waals surface area contributed by atoms with Crippen molar-refractivity contribution in [1.29, 1.82) is 0 Å². The molecule has 0 spiro atoms. The minimum atomic E-state index is 0.458. The highest BCUT2D eigenvalue weighted by molar-refractivity contribution is 5.81. The van der Waals surface area contributed by atoms with Crippen LogP contribution in [-0.4, -0.2) is 22.8 Å². The van der Waals surface area contributed by atoms with E-state index in [-0.39, 0.29) is 0 Å². The second-order valence-electron chi connectivity index (χ2n) is 2.11. The molecule has 0 bridgehead atoms. The third-order valence-electron chi connectivity index (χ3n) is 1.28. The highest BCUT2D eigenvalue weighted by Crippen LogP contribution is 2.05. The summed E-state index contributed by atoms with van der Waals surface area (Å²) in [4.78, 5) is 18.0. The summed E-state index contributed by atoms with van der Waals surface area (Å²) in [6, 6.07) is 0. The third-order valence-corrected chi connectivity index (χ3v) is 1.28. The molecule has 1 rings (SSSR count). The van der Waals surface area contributed by atoms with E-state index in [1.54, 1.807) is 6.08 Å². The predicted molar refractivity (Wildman–Crippen MR) is 46.1 cm³/mol. The average Bonchev–Trinajstić information content (AvgIpc) is 2.15. The fourth-order valence-corrected chi connectivity index (χ4v) is 0.743. The summed E-state index contributed by atoms with van der Waals surface area (Å²) in [6.07, 6.45) is 5.26. The Balaban J connectivity index is 2.81. The Morgan fingerprint density at radius 1 is 1.67 bits per heavy atom. The van der Waals surface area contributed by atoms with Crippen molar-refractivity contribution in [2.45, 2.75) is 0 Å². The molecule has 0 aromatic carbocycles. The zero-order valence-electron chi connectivity index (χ0n) is 6.53. The van der Waals surface area contributed by atoms with Crippen molar-refractivity contribution in [2.24, 2.45) is 0 Å². The van der Waals surface area contributed by atoms with Crippen molar-refractivity contribution < 1.29 is 4.79 Å². The normalized spacial score (nSPS) is 9.00. The fraction of sp³-hybridized carbons (Fsp3) is 0.125. The number of carbonyl (C=O) groups is 1. The van der Waals surface area contributed by atoms with Gasteiger partial charge in [0.1, 0.15) is 12.1 Å². The molecule has 1 heterocycles. The maximum Gasteiger partial charge on any atom is 0.155 e. The minimum absolute atomic E-state index is 0.458. The van der Waals surface area contributed by atoms with E-state index in [0.717, 1.165) is 0 Å². The van der Waals surface area contributed by atoms with Crippen molar-refractivity contribution in [3.63, 3.8) is 0 Å². The Morgan fingerprint density at radius 3 is 3.17 bits per heavy atom. The topological polar surface area (TPSA) is 54.9 Å². The summed E-state index contributed by atoms with van der Waals surface area (Å²) in [5.74, 6) is 0.542. The van der Waals surface area contributed by atoms with Crippen LogP contribution in [0.3, 0.4) is 0 Å². The maximum absolute atomic E-state index is 10.4. The first-order valence-corrected chi connectivity index (χ1v) is 3.48. The molecule has 0 atom stereocenters. The molecule has 0 fully saturated rings. The number of nitrogens with one attached hydrogen (secondary N) is 1. The Labute approximate surface area is 70.4 Å². The van der Waals surface area contributed by atoms with Gasteiger partial charge in [0.25, 0.3) is 0 Å². The molecule has 0 aliphatic heterocycles. The number of anilines is 1. The van der Waals surface area contributed by atoms with E-state index in [0.29, 0.717) is 24.2 Å². The van der Waals surface area contributed by atoms with Crippen molar-refractivity contribution in [2.75, 3.05) is 11.9 Å². The smallest absolute Gasteiger partial charge is 0.155 e. The molecule has 4 nitrogen and oxygen atoms in total. The van der Waals surface area contributed by atoms with E-state index in [1.165, 1.54) is 12.5 Å². The zero-order valence-corrected chi connectivity index (χ0v) is 6.53. The standard InChI is InChI=1S/C8H9N3O/c1-2-3-10-8-7(5-12)4-9-6-11-8/h2,4-6H,1,3H2,(H,9,10,11). The summed E-state index contributed by atoms with van der Waals surface area (Å²) in [5.41, 5.74) is 0.458. The van der Waals surface area contributed by atoms with Crippen LogP contribution in [0, 0.1) is 0 Å². The highest BCUT2D eigenvalue weighted by Gasteiger charge is 1.99. The SMILES string of the molecule is C=CCNc1ncncc1C=O. The molecule has 1 N–H and O–H groups in total. The van der Waals surface area contributed by atoms with Gasteiger partial charge in [-0.3, -0.25) is 4.79 Å². The van der Waals surface area contributed by atoms with Gasteiger partial charge < -0.3 is 5.32 Å². The van der Waals surface area contributed by atoms with Crippen molar-refractivity contribution >= 4 is 12.1 Å². The van der Waals surface area contributed by atoms with Crippen LogP contribution in [0.1, 0.15) is 10.4 Å². The number of carbonyl (C=O) groups excluding carboxylic acids is 1. The highest BCUT2D eigenvalue weighted by atomic mass is 16.1. The Kier molecular flexibility index (Phi) is 2.95. The van der Waals surface area contributed by atoms with Crippen molar-refractivity contribution in [3.8, 4) is 0 Å². The molecular formula is C8H9N3O. The molecule has 0 radical (unpaired) electrons. The number of hydrogen-bond donors (Lipinski definition) is 1. The number of nitrogens with zero attached hydrogens (tertiary/aromatic N) is 2. The van der Waals surface area contributed by atoms with Gasteiger partial charge >= 0.3 is 0 Å². The first-order chi connectivity index (χ1) is 5.88. The largest absolute Gasteiger partial charge is 0.366 e. The molecule has 0 aliphatic rings. The van der Waals surface area contributed by atoms with Gasteiger partial charge in [0.2, 0.25) is 0 Å². The van der Waals surface area contributed by atoms with E-state index >= 15 is 0 Å². The number of aldehydes is 1. The molecule has 62 valence electrons. The van der Waals surface area contributed by atoms with Gasteiger partial charge in [-0.05, 0) is 0 Å². The first-order valence-electron chi connectivity index (χ1n) is 3.48. The third kappa shape index (κ3) is 1.88. The predicted octanol–water partition coefficient (Wildman–Crippen LogP) is 0.887. The average molecular weight is 163 g/mol. The molecule has 1 aromatic rings. The lowest BCUT2D eigenvalue weighted by Gasteiger charge is -2.02. The lowest BCUT2D eigenvalue weighted by molar-refractivity contribution is 0.112. The second kappa shape index (κ2) is 4.23. The van der Waals surface area contributed by atoms with Crippen molar-refractivity contribution in [3.05, 3.63) is 30.7 Å². The molecule has 12 heavy (non-hydrogen) atoms. The lowest BCUT2D eigenvalue weighted by atomic mass is 10.3. The van der Waals surface area contributed by atoms with Crippen LogP contribution in [0.5, 0.6) is 0 Å². The Bertz CT molecular complexity index is 285. The van der Waals surface area contributed by atoms with Crippen LogP contribution in [-0.2, 0) is 0 Å². The number of rotatable bonds is 4. The van der Waals surface area contributed by atoms with Gasteiger partial charge in [0.05, 0.1) is 5.56 Å². The van der Waals surface area contributed by atoms with E-state index in [2.05, 4.69) is 21.9 Å². The zero-order chi connectivity index (χ0) is 8.81. The van der Waals surface area contributed by atoms with Gasteiger partial charge in [-0.1, -0.05) is 6.08 Å². The van der Waals surface area contributed by atoms with E-state index < -0.39 is 0 Å². The monoisotopic (exact) mass is 163 g/mol. The minimum Gasteiger partial charge on any atom is -0.366 e. The van der Waals surface area contributed by atoms with Crippen molar-refractivity contribution in [1.82, 2.24) is 9.97 Å². The summed E-state index contributed by atoms with van der Waals surface area (Å²) in [5, 5.41) is 2.91. The summed E-state index contributed by atoms with van der Waals surface area (Å²) >= 11 is 0. The van der Waals surface area contributed by atoms with Crippen LogP contribution in [0.4, 0.5) is 5.82 Å². The Hall–Kier alpha value is -1.71. The van der Waals surface area contributed by atoms with Crippen LogP contribution in [0.25, 0.3) is 0 Å². The van der Waals surface area contributed by atoms with Crippen LogP contribution >= 0.6 is 0 Å². The number of aromatic nitrogens is 2. The van der Waals surface area contributed by atoms with Gasteiger partial charge in [-0.25, -0.2) is 9.97 Å². The van der Waals surface area contributed by atoms with Gasteiger partial charge in [0, 0.05) is 12.7 Å². The van der Waals surface area contributed by atoms with Gasteiger partial charge in [-0.15, -0.1) is 6.58 Å². The van der Waals surface area contributed by atoms with Crippen LogP contribution in [0.2, 0.25) is 0 Å². The summed E-state index contributed by atoms with van der Waals surface area (Å²) < 4.78 is 0. The molecule has 0 saturated heterocycles. The summed E-state index contributed by atoms with van der Waals surface area (Å²) in [6.45, 7) is 4.12. The number of hydrogen-bond acceptors (Lipinski definition) is 4. The quantitative estimate of drug-likeness (QED) is 0.529. The molecule has 4 heteroatoms. The summed E-state index contributed by atoms with van der Waals surface area (Å²) in [7, 11) is 0. The fourth-order valence-electron chi connectivity index (χ4n) is 0.743. The van der Waals surface area contributed by atoms with Crippen LogP contribution in [0.15, 0.2) is 25.2 Å². The second-order valence-corrected chi connectivity index (χ2v) is 2.11. The van der Waals surface area contributed by atoms with Gasteiger partial charge in [0.15, 0.2) is 6.29 Å². The molecule has 0 saturated carbocycles. The molecule has 0 unspecified atom stereocenters.